The van der Waals surface area contributed by atoms with Crippen molar-refractivity contribution < 1.29 is 5.11 Å². The molecule has 1 heterocycles. The van der Waals surface area contributed by atoms with Gasteiger partial charge in [0.1, 0.15) is 0 Å². The van der Waals surface area contributed by atoms with Crippen LogP contribution < -0.4 is 5.32 Å². The van der Waals surface area contributed by atoms with Crippen molar-refractivity contribution >= 4 is 0 Å². The Morgan fingerprint density at radius 3 is 2.67 bits per heavy atom. The molecule has 0 aromatic heterocycles. The molecule has 3 nitrogen and oxygen atoms in total. The van der Waals surface area contributed by atoms with Crippen LogP contribution in [0.1, 0.15) is 39.5 Å². The minimum Gasteiger partial charge on any atom is -0.391 e. The zero-order valence-electron chi connectivity index (χ0n) is 10.00. The second kappa shape index (κ2) is 4.40. The van der Waals surface area contributed by atoms with E-state index < -0.39 is 0 Å². The fraction of sp³-hybridized carbons (Fsp3) is 1.00. The summed E-state index contributed by atoms with van der Waals surface area (Å²) in [5.74, 6) is 0. The molecule has 0 spiro atoms. The summed E-state index contributed by atoms with van der Waals surface area (Å²) in [6, 6.07) is 0.399. The molecule has 0 radical (unpaired) electrons. The molecule has 15 heavy (non-hydrogen) atoms. The predicted molar refractivity (Wildman–Crippen MR) is 61.9 cm³/mol. The lowest BCUT2D eigenvalue weighted by Gasteiger charge is -2.49. The maximum absolute atomic E-state index is 10.1. The average Bonchev–Trinajstić information content (AvgIpc) is 2.19. The van der Waals surface area contributed by atoms with Crippen molar-refractivity contribution in [3.8, 4) is 0 Å². The smallest absolute Gasteiger partial charge is 0.0695 e. The molecule has 1 aliphatic heterocycles. The van der Waals surface area contributed by atoms with Gasteiger partial charge in [-0.2, -0.15) is 0 Å². The molecule has 88 valence electrons. The van der Waals surface area contributed by atoms with Crippen molar-refractivity contribution in [3.05, 3.63) is 0 Å². The Hall–Kier alpha value is -0.120. The van der Waals surface area contributed by atoms with Crippen LogP contribution in [0.4, 0.5) is 0 Å². The molecule has 2 fully saturated rings. The van der Waals surface area contributed by atoms with E-state index in [4.69, 9.17) is 0 Å². The first-order valence-corrected chi connectivity index (χ1v) is 6.27. The molecule has 1 saturated carbocycles. The Morgan fingerprint density at radius 1 is 1.27 bits per heavy atom. The molecule has 0 amide bonds. The van der Waals surface area contributed by atoms with Crippen molar-refractivity contribution in [2.75, 3.05) is 19.6 Å². The van der Waals surface area contributed by atoms with Gasteiger partial charge in [-0.1, -0.05) is 12.8 Å². The van der Waals surface area contributed by atoms with Gasteiger partial charge in [0.15, 0.2) is 0 Å². The summed E-state index contributed by atoms with van der Waals surface area (Å²) in [6.07, 6.45) is 4.54. The largest absolute Gasteiger partial charge is 0.391 e. The quantitative estimate of drug-likeness (QED) is 0.680. The van der Waals surface area contributed by atoms with Crippen molar-refractivity contribution in [1.82, 2.24) is 10.2 Å². The average molecular weight is 212 g/mol. The van der Waals surface area contributed by atoms with Crippen LogP contribution in [0, 0.1) is 0 Å². The number of aliphatic hydroxyl groups is 1. The number of aliphatic hydroxyl groups excluding tert-OH is 1. The third kappa shape index (κ3) is 2.35. The number of rotatable bonds is 1. The van der Waals surface area contributed by atoms with Crippen molar-refractivity contribution in [2.24, 2.45) is 0 Å². The summed E-state index contributed by atoms with van der Waals surface area (Å²) in [5, 5.41) is 13.5. The minimum atomic E-state index is -0.101. The van der Waals surface area contributed by atoms with Gasteiger partial charge >= 0.3 is 0 Å². The second-order valence-electron chi connectivity index (χ2n) is 5.60. The third-order valence-electron chi connectivity index (χ3n) is 3.96. The highest BCUT2D eigenvalue weighted by atomic mass is 16.3. The number of hydrogen-bond donors (Lipinski definition) is 2. The van der Waals surface area contributed by atoms with Crippen LogP contribution >= 0.6 is 0 Å². The van der Waals surface area contributed by atoms with Crippen LogP contribution in [0.3, 0.4) is 0 Å². The Bertz CT molecular complexity index is 218. The lowest BCUT2D eigenvalue weighted by molar-refractivity contribution is -0.0391. The minimum absolute atomic E-state index is 0.101. The van der Waals surface area contributed by atoms with Gasteiger partial charge in [0.2, 0.25) is 0 Å². The molecule has 0 bridgehead atoms. The van der Waals surface area contributed by atoms with E-state index in [1.165, 1.54) is 19.3 Å². The summed E-state index contributed by atoms with van der Waals surface area (Å²) < 4.78 is 0. The molecule has 0 aromatic rings. The van der Waals surface area contributed by atoms with Gasteiger partial charge in [0.25, 0.3) is 0 Å². The van der Waals surface area contributed by atoms with E-state index in [9.17, 15) is 5.11 Å². The molecule has 2 rings (SSSR count). The highest BCUT2D eigenvalue weighted by Gasteiger charge is 2.38. The zero-order valence-corrected chi connectivity index (χ0v) is 10.00. The molecule has 0 aromatic carbocycles. The lowest BCUT2D eigenvalue weighted by atomic mass is 9.87. The first kappa shape index (κ1) is 11.4. The topological polar surface area (TPSA) is 35.5 Å². The zero-order chi connectivity index (χ0) is 10.9. The fourth-order valence-electron chi connectivity index (χ4n) is 3.07. The van der Waals surface area contributed by atoms with Crippen molar-refractivity contribution in [3.63, 3.8) is 0 Å². The van der Waals surface area contributed by atoms with Crippen LogP contribution in [0.2, 0.25) is 0 Å². The fourth-order valence-corrected chi connectivity index (χ4v) is 3.07. The molecule has 2 atom stereocenters. The summed E-state index contributed by atoms with van der Waals surface area (Å²) in [6.45, 7) is 7.73. The number of hydrogen-bond acceptors (Lipinski definition) is 3. The van der Waals surface area contributed by atoms with Crippen LogP contribution in [-0.4, -0.2) is 47.3 Å². The molecule has 1 aliphatic carbocycles. The standard InChI is InChI=1S/C12H24N2O/c1-12(2)9-13-7-8-14(12)10-5-3-4-6-11(10)15/h10-11,13,15H,3-9H2,1-2H3. The van der Waals surface area contributed by atoms with E-state index in [0.717, 1.165) is 26.1 Å². The Balaban J connectivity index is 2.06. The molecular formula is C12H24N2O. The summed E-state index contributed by atoms with van der Waals surface area (Å²) in [5.41, 5.74) is 0.196. The van der Waals surface area contributed by atoms with Gasteiger partial charge in [0, 0.05) is 31.2 Å². The Labute approximate surface area is 92.8 Å². The highest BCUT2D eigenvalue weighted by Crippen LogP contribution is 2.29. The third-order valence-corrected chi connectivity index (χ3v) is 3.96. The van der Waals surface area contributed by atoms with Gasteiger partial charge in [-0.05, 0) is 26.7 Å². The normalized spacial score (nSPS) is 37.8. The summed E-state index contributed by atoms with van der Waals surface area (Å²) in [7, 11) is 0. The van der Waals surface area contributed by atoms with E-state index in [2.05, 4.69) is 24.1 Å². The van der Waals surface area contributed by atoms with Gasteiger partial charge in [-0.25, -0.2) is 0 Å². The predicted octanol–water partition coefficient (Wildman–Crippen LogP) is 0.974. The first-order valence-electron chi connectivity index (χ1n) is 6.27. The molecule has 1 saturated heterocycles. The Kier molecular flexibility index (Phi) is 3.33. The van der Waals surface area contributed by atoms with Crippen LogP contribution in [-0.2, 0) is 0 Å². The summed E-state index contributed by atoms with van der Waals surface area (Å²) in [4.78, 5) is 2.52. The van der Waals surface area contributed by atoms with Crippen LogP contribution in [0.15, 0.2) is 0 Å². The van der Waals surface area contributed by atoms with E-state index in [0.29, 0.717) is 6.04 Å². The van der Waals surface area contributed by atoms with Gasteiger partial charge in [-0.15, -0.1) is 0 Å². The first-order chi connectivity index (χ1) is 7.11. The van der Waals surface area contributed by atoms with E-state index in [1.54, 1.807) is 0 Å². The number of nitrogens with one attached hydrogen (secondary N) is 1. The van der Waals surface area contributed by atoms with Gasteiger partial charge < -0.3 is 10.4 Å². The maximum atomic E-state index is 10.1. The lowest BCUT2D eigenvalue weighted by Crippen LogP contribution is -2.63. The second-order valence-corrected chi connectivity index (χ2v) is 5.60. The SMILES string of the molecule is CC1(C)CNCCN1C1CCCCC1O. The number of piperazine rings is 1. The molecule has 2 N–H and O–H groups in total. The van der Waals surface area contributed by atoms with Gasteiger partial charge in [-0.3, -0.25) is 4.90 Å². The molecule has 2 aliphatic rings. The molecular weight excluding hydrogens is 188 g/mol. The van der Waals surface area contributed by atoms with E-state index in [1.807, 2.05) is 0 Å². The van der Waals surface area contributed by atoms with Crippen molar-refractivity contribution in [2.45, 2.75) is 57.2 Å². The van der Waals surface area contributed by atoms with Crippen molar-refractivity contribution in [1.29, 1.82) is 0 Å². The summed E-state index contributed by atoms with van der Waals surface area (Å²) >= 11 is 0. The van der Waals surface area contributed by atoms with Crippen LogP contribution in [0.5, 0.6) is 0 Å². The maximum Gasteiger partial charge on any atom is 0.0695 e. The van der Waals surface area contributed by atoms with Crippen LogP contribution in [0.25, 0.3) is 0 Å². The number of nitrogens with zero attached hydrogens (tertiary/aromatic N) is 1. The van der Waals surface area contributed by atoms with E-state index >= 15 is 0 Å². The van der Waals surface area contributed by atoms with Gasteiger partial charge in [0.05, 0.1) is 6.10 Å². The highest BCUT2D eigenvalue weighted by molar-refractivity contribution is 4.95. The Morgan fingerprint density at radius 2 is 2.00 bits per heavy atom. The molecule has 3 heteroatoms. The monoisotopic (exact) mass is 212 g/mol. The molecule has 2 unspecified atom stereocenters. The van der Waals surface area contributed by atoms with E-state index in [-0.39, 0.29) is 11.6 Å².